The van der Waals surface area contributed by atoms with Crippen LogP contribution in [0.15, 0.2) is 41.8 Å². The fourth-order valence-corrected chi connectivity index (χ4v) is 2.66. The number of allylic oxidation sites excluding steroid dienone is 1. The van der Waals surface area contributed by atoms with Crippen molar-refractivity contribution in [3.63, 3.8) is 0 Å². The molecule has 1 nitrogen and oxygen atoms in total. The largest absolute Gasteiger partial charge is 0.392 e. The lowest BCUT2D eigenvalue weighted by atomic mass is 10.1. The predicted molar refractivity (Wildman–Crippen MR) is 81.5 cm³/mol. The lowest BCUT2D eigenvalue weighted by molar-refractivity contribution is 0.185. The summed E-state index contributed by atoms with van der Waals surface area (Å²) in [4.78, 5) is 1.16. The third-order valence-electron chi connectivity index (χ3n) is 2.70. The summed E-state index contributed by atoms with van der Waals surface area (Å²) in [7, 11) is 0. The first-order valence-corrected chi connectivity index (χ1v) is 7.76. The first-order chi connectivity index (χ1) is 8.72. The molecule has 1 aromatic rings. The van der Waals surface area contributed by atoms with Crippen LogP contribution in [0.5, 0.6) is 0 Å². The van der Waals surface area contributed by atoms with Crippen LogP contribution in [-0.2, 0) is 0 Å². The van der Waals surface area contributed by atoms with Crippen molar-refractivity contribution in [1.82, 2.24) is 0 Å². The first kappa shape index (κ1) is 15.6. The van der Waals surface area contributed by atoms with Crippen LogP contribution in [0.4, 0.5) is 0 Å². The summed E-state index contributed by atoms with van der Waals surface area (Å²) in [5, 5.41) is 10.6. The molecule has 0 amide bonds. The van der Waals surface area contributed by atoms with Crippen LogP contribution in [0.1, 0.15) is 32.1 Å². The Balaban J connectivity index is 2.11. The molecule has 0 saturated carbocycles. The van der Waals surface area contributed by atoms with E-state index < -0.39 is 0 Å². The lowest BCUT2D eigenvalue weighted by Gasteiger charge is -2.09. The molecule has 0 radical (unpaired) electrons. The molecule has 1 unspecified atom stereocenters. The van der Waals surface area contributed by atoms with Gasteiger partial charge in [0.25, 0.3) is 0 Å². The summed E-state index contributed by atoms with van der Waals surface area (Å²) in [6.07, 6.45) is 7.15. The van der Waals surface area contributed by atoms with Gasteiger partial charge in [-0.15, -0.1) is 18.3 Å². The third kappa shape index (κ3) is 7.10. The SMILES string of the molecule is C=CCCCCCC(O)CSc1ccc(Cl)cc1. The number of hydrogen-bond acceptors (Lipinski definition) is 2. The van der Waals surface area contributed by atoms with Crippen LogP contribution in [0.3, 0.4) is 0 Å². The van der Waals surface area contributed by atoms with Crippen molar-refractivity contribution in [3.8, 4) is 0 Å². The molecule has 1 aromatic carbocycles. The summed E-state index contributed by atoms with van der Waals surface area (Å²) in [5.74, 6) is 0.753. The Morgan fingerprint density at radius 2 is 1.94 bits per heavy atom. The average molecular weight is 285 g/mol. The number of benzene rings is 1. The number of rotatable bonds is 9. The van der Waals surface area contributed by atoms with Crippen molar-refractivity contribution >= 4 is 23.4 Å². The fraction of sp³-hybridized carbons (Fsp3) is 0.467. The third-order valence-corrected chi connectivity index (χ3v) is 4.11. The van der Waals surface area contributed by atoms with Crippen molar-refractivity contribution < 1.29 is 5.11 Å². The molecule has 0 bridgehead atoms. The van der Waals surface area contributed by atoms with Gasteiger partial charge in [0.05, 0.1) is 6.10 Å². The van der Waals surface area contributed by atoms with E-state index in [1.165, 1.54) is 12.8 Å². The van der Waals surface area contributed by atoms with Gasteiger partial charge in [0.15, 0.2) is 0 Å². The molecule has 100 valence electrons. The molecule has 0 saturated heterocycles. The minimum Gasteiger partial charge on any atom is -0.392 e. The number of hydrogen-bond donors (Lipinski definition) is 1. The van der Waals surface area contributed by atoms with Gasteiger partial charge in [-0.25, -0.2) is 0 Å². The van der Waals surface area contributed by atoms with Crippen molar-refractivity contribution in [2.75, 3.05) is 5.75 Å². The number of halogens is 1. The second-order valence-corrected chi connectivity index (χ2v) is 5.88. The molecule has 1 atom stereocenters. The molecule has 0 aliphatic rings. The number of unbranched alkanes of at least 4 members (excludes halogenated alkanes) is 3. The number of aliphatic hydroxyl groups is 1. The quantitative estimate of drug-likeness (QED) is 0.394. The molecule has 1 rings (SSSR count). The summed E-state index contributed by atoms with van der Waals surface area (Å²) in [6.45, 7) is 3.70. The first-order valence-electron chi connectivity index (χ1n) is 6.39. The van der Waals surface area contributed by atoms with Gasteiger partial charge in [0.2, 0.25) is 0 Å². The lowest BCUT2D eigenvalue weighted by Crippen LogP contribution is -2.09. The molecule has 0 fully saturated rings. The predicted octanol–water partition coefficient (Wildman–Crippen LogP) is 4.93. The smallest absolute Gasteiger partial charge is 0.0634 e. The van der Waals surface area contributed by atoms with Gasteiger partial charge in [-0.2, -0.15) is 0 Å². The summed E-state index contributed by atoms with van der Waals surface area (Å²) in [5.41, 5.74) is 0. The Kier molecular flexibility index (Phi) is 8.23. The van der Waals surface area contributed by atoms with Crippen LogP contribution < -0.4 is 0 Å². The molecule has 0 aromatic heterocycles. The number of aliphatic hydroxyl groups excluding tert-OH is 1. The van der Waals surface area contributed by atoms with Crippen LogP contribution >= 0.6 is 23.4 Å². The Labute approximate surface area is 119 Å². The van der Waals surface area contributed by atoms with Gasteiger partial charge in [-0.3, -0.25) is 0 Å². The zero-order chi connectivity index (χ0) is 13.2. The van der Waals surface area contributed by atoms with E-state index in [0.29, 0.717) is 0 Å². The Hall–Kier alpha value is -0.440. The van der Waals surface area contributed by atoms with Crippen LogP contribution in [0.2, 0.25) is 5.02 Å². The molecular formula is C15H21ClOS. The fourth-order valence-electron chi connectivity index (χ4n) is 1.65. The highest BCUT2D eigenvalue weighted by Crippen LogP contribution is 2.22. The van der Waals surface area contributed by atoms with Gasteiger partial charge >= 0.3 is 0 Å². The normalized spacial score (nSPS) is 12.3. The topological polar surface area (TPSA) is 20.2 Å². The highest BCUT2D eigenvalue weighted by atomic mass is 35.5. The van der Waals surface area contributed by atoms with Crippen LogP contribution in [-0.4, -0.2) is 17.0 Å². The molecule has 0 heterocycles. The highest BCUT2D eigenvalue weighted by molar-refractivity contribution is 7.99. The van der Waals surface area contributed by atoms with E-state index in [4.69, 9.17) is 11.6 Å². The van der Waals surface area contributed by atoms with Crippen molar-refractivity contribution in [3.05, 3.63) is 41.9 Å². The summed E-state index contributed by atoms with van der Waals surface area (Å²) >= 11 is 7.50. The van der Waals surface area contributed by atoms with E-state index in [1.54, 1.807) is 11.8 Å². The standard InChI is InChI=1S/C15H21ClOS/c1-2-3-4-5-6-7-14(17)12-18-15-10-8-13(16)9-11-15/h2,8-11,14,17H,1,3-7,12H2. The van der Waals surface area contributed by atoms with Crippen molar-refractivity contribution in [2.24, 2.45) is 0 Å². The molecule has 3 heteroatoms. The Bertz CT molecular complexity index is 337. The van der Waals surface area contributed by atoms with E-state index in [0.717, 1.165) is 34.9 Å². The van der Waals surface area contributed by atoms with E-state index in [2.05, 4.69) is 6.58 Å². The Morgan fingerprint density at radius 3 is 2.61 bits per heavy atom. The molecule has 1 N–H and O–H groups in total. The molecule has 18 heavy (non-hydrogen) atoms. The minimum atomic E-state index is -0.214. The zero-order valence-corrected chi connectivity index (χ0v) is 12.2. The van der Waals surface area contributed by atoms with Crippen molar-refractivity contribution in [2.45, 2.75) is 43.1 Å². The maximum absolute atomic E-state index is 9.85. The van der Waals surface area contributed by atoms with Crippen LogP contribution in [0.25, 0.3) is 0 Å². The van der Waals surface area contributed by atoms with Crippen LogP contribution in [0, 0.1) is 0 Å². The van der Waals surface area contributed by atoms with E-state index in [1.807, 2.05) is 30.3 Å². The van der Waals surface area contributed by atoms with Gasteiger partial charge < -0.3 is 5.11 Å². The second kappa shape index (κ2) is 9.48. The Morgan fingerprint density at radius 1 is 1.22 bits per heavy atom. The number of thioether (sulfide) groups is 1. The van der Waals surface area contributed by atoms with Gasteiger partial charge in [-0.1, -0.05) is 30.5 Å². The van der Waals surface area contributed by atoms with E-state index in [-0.39, 0.29) is 6.10 Å². The summed E-state index contributed by atoms with van der Waals surface area (Å²) in [6, 6.07) is 7.74. The molecule has 0 spiro atoms. The van der Waals surface area contributed by atoms with Gasteiger partial charge in [-0.05, 0) is 43.5 Å². The maximum Gasteiger partial charge on any atom is 0.0634 e. The minimum absolute atomic E-state index is 0.214. The summed E-state index contributed by atoms with van der Waals surface area (Å²) < 4.78 is 0. The van der Waals surface area contributed by atoms with E-state index >= 15 is 0 Å². The zero-order valence-electron chi connectivity index (χ0n) is 10.6. The molecule has 0 aliphatic heterocycles. The maximum atomic E-state index is 9.85. The highest BCUT2D eigenvalue weighted by Gasteiger charge is 2.04. The van der Waals surface area contributed by atoms with Gasteiger partial charge in [0, 0.05) is 15.7 Å². The van der Waals surface area contributed by atoms with E-state index in [9.17, 15) is 5.11 Å². The van der Waals surface area contributed by atoms with Crippen molar-refractivity contribution in [1.29, 1.82) is 0 Å². The average Bonchev–Trinajstić information content (AvgIpc) is 2.38. The molecule has 0 aliphatic carbocycles. The molecular weight excluding hydrogens is 264 g/mol. The second-order valence-electron chi connectivity index (χ2n) is 4.35. The monoisotopic (exact) mass is 284 g/mol. The van der Waals surface area contributed by atoms with Gasteiger partial charge in [0.1, 0.15) is 0 Å².